The van der Waals surface area contributed by atoms with Crippen LogP contribution in [0.15, 0.2) is 30.5 Å². The molecule has 0 fully saturated rings. The van der Waals surface area contributed by atoms with E-state index < -0.39 is 6.10 Å². The molecule has 0 bridgehead atoms. The first kappa shape index (κ1) is 13.3. The molecule has 94 valence electrons. The molecule has 0 saturated heterocycles. The third-order valence-electron chi connectivity index (χ3n) is 2.77. The zero-order chi connectivity index (χ0) is 13.3. The SMILES string of the molecule is Cc1cnc(C(O)c2ccc(Cl)c(Cl)c2)c(C)c1. The molecule has 1 aromatic heterocycles. The van der Waals surface area contributed by atoms with Crippen LogP contribution >= 0.6 is 23.2 Å². The molecule has 1 aromatic carbocycles. The van der Waals surface area contributed by atoms with Crippen LogP contribution in [0.2, 0.25) is 10.0 Å². The highest BCUT2D eigenvalue weighted by atomic mass is 35.5. The molecule has 0 aliphatic heterocycles. The number of aliphatic hydroxyl groups excluding tert-OH is 1. The number of hydrogen-bond donors (Lipinski definition) is 1. The summed E-state index contributed by atoms with van der Waals surface area (Å²) in [5.74, 6) is 0. The van der Waals surface area contributed by atoms with Gasteiger partial charge < -0.3 is 5.11 Å². The van der Waals surface area contributed by atoms with Gasteiger partial charge in [-0.25, -0.2) is 0 Å². The van der Waals surface area contributed by atoms with E-state index in [-0.39, 0.29) is 0 Å². The Hall–Kier alpha value is -1.09. The monoisotopic (exact) mass is 281 g/mol. The Morgan fingerprint density at radius 3 is 2.44 bits per heavy atom. The third kappa shape index (κ3) is 2.66. The molecular formula is C14H13Cl2NO. The minimum absolute atomic E-state index is 0.429. The first-order valence-electron chi connectivity index (χ1n) is 5.55. The van der Waals surface area contributed by atoms with Crippen molar-refractivity contribution in [3.05, 3.63) is 62.9 Å². The molecule has 0 spiro atoms. The maximum atomic E-state index is 10.3. The van der Waals surface area contributed by atoms with Gasteiger partial charge in [0.25, 0.3) is 0 Å². The Kier molecular flexibility index (Phi) is 3.91. The van der Waals surface area contributed by atoms with Gasteiger partial charge in [0.05, 0.1) is 15.7 Å². The summed E-state index contributed by atoms with van der Waals surface area (Å²) in [4.78, 5) is 4.28. The number of benzene rings is 1. The van der Waals surface area contributed by atoms with E-state index in [0.29, 0.717) is 21.3 Å². The van der Waals surface area contributed by atoms with Gasteiger partial charge in [-0.3, -0.25) is 4.98 Å². The fourth-order valence-electron chi connectivity index (χ4n) is 1.85. The molecule has 1 unspecified atom stereocenters. The second-order valence-corrected chi connectivity index (χ2v) is 5.11. The molecule has 2 nitrogen and oxygen atoms in total. The highest BCUT2D eigenvalue weighted by Crippen LogP contribution is 2.29. The Bertz CT molecular complexity index is 584. The minimum Gasteiger partial charge on any atom is -0.382 e. The van der Waals surface area contributed by atoms with Gasteiger partial charge in [-0.05, 0) is 42.7 Å². The van der Waals surface area contributed by atoms with Gasteiger partial charge >= 0.3 is 0 Å². The standard InChI is InChI=1S/C14H13Cl2NO/c1-8-5-9(2)13(17-7-8)14(18)10-3-4-11(15)12(16)6-10/h3-7,14,18H,1-2H3. The number of hydrogen-bond acceptors (Lipinski definition) is 2. The van der Waals surface area contributed by atoms with Crippen LogP contribution < -0.4 is 0 Å². The average Bonchev–Trinajstić information content (AvgIpc) is 2.32. The maximum absolute atomic E-state index is 10.3. The van der Waals surface area contributed by atoms with Gasteiger partial charge in [0, 0.05) is 6.20 Å². The number of aryl methyl sites for hydroxylation is 2. The Balaban J connectivity index is 2.41. The fraction of sp³-hybridized carbons (Fsp3) is 0.214. The van der Waals surface area contributed by atoms with Crippen molar-refractivity contribution >= 4 is 23.2 Å². The number of halogens is 2. The molecule has 0 radical (unpaired) electrons. The van der Waals surface area contributed by atoms with Gasteiger partial charge in [-0.15, -0.1) is 0 Å². The van der Waals surface area contributed by atoms with Crippen LogP contribution in [0.5, 0.6) is 0 Å². The minimum atomic E-state index is -0.791. The molecule has 2 aromatic rings. The van der Waals surface area contributed by atoms with Crippen molar-refractivity contribution in [1.29, 1.82) is 0 Å². The zero-order valence-corrected chi connectivity index (χ0v) is 11.6. The van der Waals surface area contributed by atoms with Crippen LogP contribution in [0.3, 0.4) is 0 Å². The summed E-state index contributed by atoms with van der Waals surface area (Å²) in [5.41, 5.74) is 3.34. The Labute approximate surface area is 116 Å². The molecule has 4 heteroatoms. The summed E-state index contributed by atoms with van der Waals surface area (Å²) >= 11 is 11.8. The quantitative estimate of drug-likeness (QED) is 0.900. The van der Waals surface area contributed by atoms with Gasteiger partial charge in [-0.2, -0.15) is 0 Å². The van der Waals surface area contributed by atoms with E-state index in [0.717, 1.165) is 11.1 Å². The number of rotatable bonds is 2. The van der Waals surface area contributed by atoms with E-state index in [1.54, 1.807) is 24.4 Å². The largest absolute Gasteiger partial charge is 0.382 e. The highest BCUT2D eigenvalue weighted by molar-refractivity contribution is 6.42. The molecule has 1 N–H and O–H groups in total. The molecule has 0 aliphatic carbocycles. The maximum Gasteiger partial charge on any atom is 0.121 e. The molecule has 0 saturated carbocycles. The first-order chi connectivity index (χ1) is 8.49. The normalized spacial score (nSPS) is 12.5. The topological polar surface area (TPSA) is 33.1 Å². The molecule has 2 rings (SSSR count). The first-order valence-corrected chi connectivity index (χ1v) is 6.31. The van der Waals surface area contributed by atoms with Crippen molar-refractivity contribution in [3.63, 3.8) is 0 Å². The van der Waals surface area contributed by atoms with Gasteiger partial charge in [0.1, 0.15) is 6.10 Å². The number of aliphatic hydroxyl groups is 1. The predicted molar refractivity (Wildman–Crippen MR) is 74.2 cm³/mol. The predicted octanol–water partition coefficient (Wildman–Crippen LogP) is 4.09. The van der Waals surface area contributed by atoms with Gasteiger partial charge in [0.2, 0.25) is 0 Å². The van der Waals surface area contributed by atoms with Gasteiger partial charge in [-0.1, -0.05) is 35.3 Å². The molecule has 1 atom stereocenters. The van der Waals surface area contributed by atoms with E-state index in [4.69, 9.17) is 23.2 Å². The van der Waals surface area contributed by atoms with E-state index in [2.05, 4.69) is 4.98 Å². The third-order valence-corrected chi connectivity index (χ3v) is 3.51. The summed E-state index contributed by atoms with van der Waals surface area (Å²) in [7, 11) is 0. The zero-order valence-electron chi connectivity index (χ0n) is 10.1. The van der Waals surface area contributed by atoms with Crippen molar-refractivity contribution in [2.75, 3.05) is 0 Å². The lowest BCUT2D eigenvalue weighted by Gasteiger charge is -2.14. The lowest BCUT2D eigenvalue weighted by molar-refractivity contribution is 0.214. The highest BCUT2D eigenvalue weighted by Gasteiger charge is 2.15. The smallest absolute Gasteiger partial charge is 0.121 e. The molecular weight excluding hydrogens is 269 g/mol. The molecule has 1 heterocycles. The fourth-order valence-corrected chi connectivity index (χ4v) is 2.16. The second-order valence-electron chi connectivity index (χ2n) is 4.29. The number of nitrogens with zero attached hydrogens (tertiary/aromatic N) is 1. The number of aromatic nitrogens is 1. The van der Waals surface area contributed by atoms with Crippen molar-refractivity contribution < 1.29 is 5.11 Å². The summed E-state index contributed by atoms with van der Waals surface area (Å²) in [6.45, 7) is 3.89. The van der Waals surface area contributed by atoms with Crippen LogP contribution in [-0.2, 0) is 0 Å². The van der Waals surface area contributed by atoms with Crippen molar-refractivity contribution in [2.45, 2.75) is 20.0 Å². The van der Waals surface area contributed by atoms with Crippen LogP contribution in [0, 0.1) is 13.8 Å². The van der Waals surface area contributed by atoms with E-state index in [1.807, 2.05) is 19.9 Å². The van der Waals surface area contributed by atoms with Crippen LogP contribution in [0.25, 0.3) is 0 Å². The summed E-state index contributed by atoms with van der Waals surface area (Å²) in [5, 5.41) is 11.2. The van der Waals surface area contributed by atoms with Gasteiger partial charge in [0.15, 0.2) is 0 Å². The van der Waals surface area contributed by atoms with Crippen molar-refractivity contribution in [1.82, 2.24) is 4.98 Å². The summed E-state index contributed by atoms with van der Waals surface area (Å²) in [6, 6.07) is 7.07. The van der Waals surface area contributed by atoms with Crippen LogP contribution in [0.1, 0.15) is 28.5 Å². The summed E-state index contributed by atoms with van der Waals surface area (Å²) < 4.78 is 0. The lowest BCUT2D eigenvalue weighted by Crippen LogP contribution is -2.05. The van der Waals surface area contributed by atoms with E-state index in [1.165, 1.54) is 0 Å². The average molecular weight is 282 g/mol. The lowest BCUT2D eigenvalue weighted by atomic mass is 10.0. The summed E-state index contributed by atoms with van der Waals surface area (Å²) in [6.07, 6.45) is 0.948. The molecule has 0 aliphatic rings. The van der Waals surface area contributed by atoms with Crippen molar-refractivity contribution in [3.8, 4) is 0 Å². The van der Waals surface area contributed by atoms with E-state index in [9.17, 15) is 5.11 Å². The Morgan fingerprint density at radius 1 is 1.11 bits per heavy atom. The molecule has 18 heavy (non-hydrogen) atoms. The van der Waals surface area contributed by atoms with E-state index >= 15 is 0 Å². The Morgan fingerprint density at radius 2 is 1.83 bits per heavy atom. The second kappa shape index (κ2) is 5.27. The van der Waals surface area contributed by atoms with Crippen LogP contribution in [0.4, 0.5) is 0 Å². The van der Waals surface area contributed by atoms with Crippen LogP contribution in [-0.4, -0.2) is 10.1 Å². The molecule has 0 amide bonds. The van der Waals surface area contributed by atoms with Crippen molar-refractivity contribution in [2.24, 2.45) is 0 Å². The number of pyridine rings is 1.